The van der Waals surface area contributed by atoms with E-state index in [1.165, 1.54) is 0 Å². The van der Waals surface area contributed by atoms with Crippen LogP contribution in [0.3, 0.4) is 0 Å². The molecule has 0 N–H and O–H groups in total. The molecule has 6 nitrogen and oxygen atoms in total. The normalized spacial score (nSPS) is 13.6. The molecule has 1 aliphatic rings. The fraction of sp³-hybridized carbons (Fsp3) is 0.232. The number of hydrogen-bond donors (Lipinski definition) is 0. The van der Waals surface area contributed by atoms with Gasteiger partial charge in [0.2, 0.25) is 5.69 Å². The Bertz CT molecular complexity index is 3300. The number of fused-ring (bicyclic) bond motifs is 4. The van der Waals surface area contributed by atoms with Crippen molar-refractivity contribution in [1.82, 2.24) is 18.7 Å². The molecular formula is C56H51N5OPt+2. The monoisotopic (exact) mass is 1010 g/mol. The Morgan fingerprint density at radius 3 is 2.10 bits per heavy atom. The summed E-state index contributed by atoms with van der Waals surface area (Å²) in [5, 5.41) is 2.04. The second-order valence-electron chi connectivity index (χ2n) is 19.2. The van der Waals surface area contributed by atoms with E-state index in [1.807, 2.05) is 47.2 Å². The topological polar surface area (TPSA) is 37.4 Å². The van der Waals surface area contributed by atoms with Gasteiger partial charge in [-0.15, -0.1) is 23.6 Å². The van der Waals surface area contributed by atoms with Crippen molar-refractivity contribution in [2.24, 2.45) is 0 Å². The van der Waals surface area contributed by atoms with Crippen LogP contribution < -0.4 is 13.9 Å². The van der Waals surface area contributed by atoms with E-state index in [1.54, 1.807) is 28.8 Å². The summed E-state index contributed by atoms with van der Waals surface area (Å²) >= 11 is 0. The first-order valence-electron chi connectivity index (χ1n) is 22.5. The molecule has 0 amide bonds. The molecule has 3 heterocycles. The van der Waals surface area contributed by atoms with Gasteiger partial charge >= 0.3 is 32.8 Å². The number of benzene rings is 6. The van der Waals surface area contributed by atoms with Crippen LogP contribution in [-0.4, -0.2) is 15.6 Å². The summed E-state index contributed by atoms with van der Waals surface area (Å²) in [6.45, 7) is 25.3. The van der Waals surface area contributed by atoms with Gasteiger partial charge < -0.3 is 9.30 Å². The van der Waals surface area contributed by atoms with Crippen molar-refractivity contribution in [2.45, 2.75) is 85.4 Å². The summed E-state index contributed by atoms with van der Waals surface area (Å²) in [4.78, 5) is 8.72. The van der Waals surface area contributed by atoms with Gasteiger partial charge in [0.1, 0.15) is 11.5 Å². The first-order chi connectivity index (χ1) is 30.7. The van der Waals surface area contributed by atoms with Crippen LogP contribution in [-0.2, 0) is 37.3 Å². The number of rotatable bonds is 6. The number of aryl methyl sites for hydroxylation is 1. The Morgan fingerprint density at radius 1 is 0.683 bits per heavy atom. The third-order valence-corrected chi connectivity index (χ3v) is 11.6. The molecule has 0 aliphatic carbocycles. The molecule has 9 rings (SSSR count). The van der Waals surface area contributed by atoms with Crippen molar-refractivity contribution in [2.75, 3.05) is 0 Å². The molecule has 0 bridgehead atoms. The molecule has 0 fully saturated rings. The average Bonchev–Trinajstić information content (AvgIpc) is 3.81. The van der Waals surface area contributed by atoms with Crippen LogP contribution in [0.25, 0.3) is 43.6 Å². The Hall–Kier alpha value is -6.37. The van der Waals surface area contributed by atoms with Gasteiger partial charge in [0, 0.05) is 51.1 Å². The largest absolute Gasteiger partial charge is 2.00 e. The third-order valence-electron chi connectivity index (χ3n) is 11.6. The summed E-state index contributed by atoms with van der Waals surface area (Å²) in [6, 6.07) is 50.6. The molecule has 63 heavy (non-hydrogen) atoms. The molecule has 0 saturated carbocycles. The summed E-state index contributed by atoms with van der Waals surface area (Å²) in [5.41, 5.74) is 9.78. The second kappa shape index (κ2) is 16.1. The number of aromatic nitrogens is 2. The van der Waals surface area contributed by atoms with Crippen molar-refractivity contribution in [3.05, 3.63) is 173 Å². The van der Waals surface area contributed by atoms with Crippen LogP contribution in [0.4, 0.5) is 28.4 Å². The minimum absolute atomic E-state index is 0. The predicted octanol–water partition coefficient (Wildman–Crippen LogP) is 14.8. The molecule has 8 aromatic rings. The first kappa shape index (κ1) is 39.5. The molecule has 0 atom stereocenters. The molecule has 7 heteroatoms. The van der Waals surface area contributed by atoms with Crippen LogP contribution in [0.15, 0.2) is 128 Å². The predicted molar refractivity (Wildman–Crippen MR) is 256 cm³/mol. The van der Waals surface area contributed by atoms with Gasteiger partial charge in [0.15, 0.2) is 0 Å². The zero-order valence-electron chi connectivity index (χ0n) is 40.1. The van der Waals surface area contributed by atoms with Crippen molar-refractivity contribution in [3.8, 4) is 28.4 Å². The maximum absolute atomic E-state index is 8.60. The Morgan fingerprint density at radius 2 is 1.41 bits per heavy atom. The number of hydrogen-bond acceptors (Lipinski definition) is 2. The summed E-state index contributed by atoms with van der Waals surface area (Å²) in [5.74, 6) is 1.49. The summed E-state index contributed by atoms with van der Waals surface area (Å²) < 4.78 is 38.2. The number of nitrogens with zero attached hydrogens (tertiary/aromatic N) is 5. The molecular weight excluding hydrogens is 954 g/mol. The molecule has 1 aliphatic heterocycles. The first-order valence-corrected chi connectivity index (χ1v) is 21.0. The van der Waals surface area contributed by atoms with E-state index in [9.17, 15) is 0 Å². The van der Waals surface area contributed by atoms with Gasteiger partial charge in [-0.05, 0) is 79.1 Å². The fourth-order valence-corrected chi connectivity index (χ4v) is 8.04. The van der Waals surface area contributed by atoms with E-state index in [-0.39, 0.29) is 42.9 Å². The average molecular weight is 1010 g/mol. The van der Waals surface area contributed by atoms with Gasteiger partial charge in [-0.2, -0.15) is 6.07 Å². The van der Waals surface area contributed by atoms with Crippen LogP contribution in [0, 0.1) is 25.6 Å². The number of para-hydroxylation sites is 1. The molecule has 2 aromatic heterocycles. The van der Waals surface area contributed by atoms with Gasteiger partial charge in [0.05, 0.1) is 12.3 Å². The maximum Gasteiger partial charge on any atom is 2.00 e. The van der Waals surface area contributed by atoms with Gasteiger partial charge in [-0.1, -0.05) is 145 Å². The zero-order chi connectivity index (χ0) is 46.2. The van der Waals surface area contributed by atoms with Crippen LogP contribution in [0.1, 0.15) is 88.7 Å². The molecule has 0 spiro atoms. The van der Waals surface area contributed by atoms with E-state index in [0.717, 1.165) is 61.1 Å². The Labute approximate surface area is 390 Å². The van der Waals surface area contributed by atoms with E-state index < -0.39 is 6.85 Å². The number of ether oxygens (including phenoxy) is 1. The molecule has 0 unspecified atom stereocenters. The van der Waals surface area contributed by atoms with Crippen LogP contribution in [0.5, 0.6) is 11.5 Å². The van der Waals surface area contributed by atoms with Gasteiger partial charge in [-0.25, -0.2) is 4.98 Å². The van der Waals surface area contributed by atoms with E-state index >= 15 is 0 Å². The van der Waals surface area contributed by atoms with E-state index in [0.29, 0.717) is 34.2 Å². The van der Waals surface area contributed by atoms with Crippen molar-refractivity contribution < 1.29 is 29.9 Å². The molecule has 6 aromatic carbocycles. The second-order valence-corrected chi connectivity index (χ2v) is 19.2. The maximum atomic E-state index is 8.60. The standard InChI is InChI=1S/C56H51N5O.Pt/c1-36-16-15-19-50-53(36)60(43-28-40(55(5,6)7)27-41(29-43)56(8,9)10)35-59(50)44-31-42(57-11)32-46(33-44)62-45-21-22-47-48-26-38(37-17-13-12-14-18-37)20-23-49(48)61(51(47)34-45)52-30-39(24-25-58-52)54(2,3)4;/h12-32H,1-10H3;/q;+2/i1D3;. The van der Waals surface area contributed by atoms with Crippen molar-refractivity contribution in [1.29, 1.82) is 0 Å². The van der Waals surface area contributed by atoms with Crippen molar-refractivity contribution in [3.63, 3.8) is 0 Å². The minimum atomic E-state index is -2.42. The molecule has 0 radical (unpaired) electrons. The number of pyridine rings is 1. The smallest absolute Gasteiger partial charge is 0.510 e. The van der Waals surface area contributed by atoms with E-state index in [4.69, 9.17) is 20.4 Å². The Kier molecular flexibility index (Phi) is 10.1. The van der Waals surface area contributed by atoms with Crippen LogP contribution in [0.2, 0.25) is 0 Å². The SMILES string of the molecule is [2H]C([2H])([2H])c1cccc2c1[N+](c1cc(C(C)(C)C)cc(C(C)(C)C)c1)=C=[N+]2c1[c-]c(Oc2[c-]c3c(cc2)c2cc(-c4ccccc4)ccc2n3-c2cc(C(C)(C)C)ccn2)cc([N+]#[C-])c1.[Pt+2]. The third kappa shape index (κ3) is 8.21. The minimum Gasteiger partial charge on any atom is -0.510 e. The quantitative estimate of drug-likeness (QED) is 0.123. The fourth-order valence-electron chi connectivity index (χ4n) is 8.04. The van der Waals surface area contributed by atoms with Gasteiger partial charge in [0.25, 0.3) is 5.69 Å². The van der Waals surface area contributed by atoms with Crippen LogP contribution >= 0.6 is 0 Å². The molecule has 0 saturated heterocycles. The van der Waals surface area contributed by atoms with E-state index in [2.05, 4.69) is 151 Å². The zero-order valence-corrected chi connectivity index (χ0v) is 39.4. The van der Waals surface area contributed by atoms with Crippen molar-refractivity contribution >= 4 is 56.3 Å². The Balaban J connectivity index is 0.00000592. The van der Waals surface area contributed by atoms with Gasteiger partial charge in [-0.3, -0.25) is 4.85 Å². The molecule has 314 valence electrons. The summed E-state index contributed by atoms with van der Waals surface area (Å²) in [6.07, 6.45) is 1.86. The summed E-state index contributed by atoms with van der Waals surface area (Å²) in [7, 11) is 0.